The van der Waals surface area contributed by atoms with Crippen LogP contribution in [0.4, 0.5) is 0 Å². The molecule has 0 saturated carbocycles. The van der Waals surface area contributed by atoms with E-state index >= 15 is 0 Å². The van der Waals surface area contributed by atoms with Crippen molar-refractivity contribution in [2.45, 2.75) is 57.6 Å². The zero-order valence-electron chi connectivity index (χ0n) is 15.1. The molecule has 7 nitrogen and oxygen atoms in total. The van der Waals surface area contributed by atoms with Crippen molar-refractivity contribution in [1.82, 2.24) is 14.9 Å². The van der Waals surface area contributed by atoms with E-state index in [1.807, 2.05) is 20.8 Å². The molecule has 2 aromatic rings. The maximum absolute atomic E-state index is 12.7. The van der Waals surface area contributed by atoms with E-state index in [-0.39, 0.29) is 23.1 Å². The van der Waals surface area contributed by atoms with Gasteiger partial charge in [-0.2, -0.15) is 5.10 Å². The minimum Gasteiger partial charge on any atom is -0.490 e. The summed E-state index contributed by atoms with van der Waals surface area (Å²) in [4.78, 5) is 12.3. The third kappa shape index (κ3) is 3.52. The van der Waals surface area contributed by atoms with Crippen LogP contribution in [0.25, 0.3) is 0 Å². The number of rotatable bonds is 6. The first kappa shape index (κ1) is 18.6. The highest BCUT2D eigenvalue weighted by molar-refractivity contribution is 7.89. The Bertz CT molecular complexity index is 982. The predicted octanol–water partition coefficient (Wildman–Crippen LogP) is 1.70. The first-order chi connectivity index (χ1) is 12.4. The van der Waals surface area contributed by atoms with Crippen molar-refractivity contribution >= 4 is 10.0 Å². The molecular formula is C18H23N3O4S. The van der Waals surface area contributed by atoms with Crippen LogP contribution in [0, 0.1) is 0 Å². The van der Waals surface area contributed by atoms with Gasteiger partial charge in [-0.15, -0.1) is 0 Å². The Balaban J connectivity index is 1.86. The first-order valence-corrected chi connectivity index (χ1v) is 10.2. The molecule has 0 aliphatic carbocycles. The molecule has 0 bridgehead atoms. The van der Waals surface area contributed by atoms with E-state index in [4.69, 9.17) is 4.74 Å². The minimum atomic E-state index is -3.74. The van der Waals surface area contributed by atoms with E-state index in [0.717, 1.165) is 22.6 Å². The fraction of sp³-hybridized carbons (Fsp3) is 0.444. The second-order valence-electron chi connectivity index (χ2n) is 6.39. The number of sulfonamides is 1. The topological polar surface area (TPSA) is 101 Å². The van der Waals surface area contributed by atoms with Gasteiger partial charge in [0.1, 0.15) is 11.9 Å². The molecule has 140 valence electrons. The van der Waals surface area contributed by atoms with Crippen LogP contribution >= 0.6 is 0 Å². The van der Waals surface area contributed by atoms with E-state index in [2.05, 4.69) is 14.9 Å². The number of nitrogens with one attached hydrogen (secondary N) is 2. The number of aryl methyl sites for hydroxylation is 1. The molecule has 8 heteroatoms. The third-order valence-corrected chi connectivity index (χ3v) is 5.98. The van der Waals surface area contributed by atoms with Gasteiger partial charge >= 0.3 is 0 Å². The molecule has 26 heavy (non-hydrogen) atoms. The lowest BCUT2D eigenvalue weighted by molar-refractivity contribution is 0.254. The molecule has 2 heterocycles. The summed E-state index contributed by atoms with van der Waals surface area (Å²) in [6, 6.07) is 4.84. The number of ether oxygens (including phenoxy) is 1. The van der Waals surface area contributed by atoms with Crippen LogP contribution in [-0.2, 0) is 35.8 Å². The maximum atomic E-state index is 12.7. The number of hydrogen-bond donors (Lipinski definition) is 2. The summed E-state index contributed by atoms with van der Waals surface area (Å²) in [5.74, 6) is 0.725. The van der Waals surface area contributed by atoms with Crippen LogP contribution in [0.3, 0.4) is 0 Å². The average molecular weight is 377 g/mol. The Morgan fingerprint density at radius 2 is 2.04 bits per heavy atom. The summed E-state index contributed by atoms with van der Waals surface area (Å²) in [7, 11) is -3.74. The number of aromatic amines is 1. The molecule has 1 aliphatic rings. The highest BCUT2D eigenvalue weighted by atomic mass is 32.2. The minimum absolute atomic E-state index is 0.0471. The second kappa shape index (κ2) is 7.20. The summed E-state index contributed by atoms with van der Waals surface area (Å²) >= 11 is 0. The van der Waals surface area contributed by atoms with Crippen molar-refractivity contribution in [2.75, 3.05) is 0 Å². The van der Waals surface area contributed by atoms with Crippen molar-refractivity contribution in [2.24, 2.45) is 0 Å². The Hall–Kier alpha value is -2.19. The monoisotopic (exact) mass is 377 g/mol. The van der Waals surface area contributed by atoms with Crippen LogP contribution in [0.2, 0.25) is 0 Å². The number of benzene rings is 1. The molecule has 1 atom stereocenters. The third-order valence-electron chi connectivity index (χ3n) is 4.58. The molecule has 1 aromatic heterocycles. The van der Waals surface area contributed by atoms with Gasteiger partial charge in [0.05, 0.1) is 10.6 Å². The highest BCUT2D eigenvalue weighted by Gasteiger charge is 2.23. The van der Waals surface area contributed by atoms with Crippen molar-refractivity contribution in [3.8, 4) is 5.75 Å². The average Bonchev–Trinajstić information content (AvgIpc) is 2.99. The molecule has 0 radical (unpaired) electrons. The lowest BCUT2D eigenvalue weighted by Crippen LogP contribution is -2.29. The van der Waals surface area contributed by atoms with Gasteiger partial charge < -0.3 is 4.74 Å². The zero-order valence-corrected chi connectivity index (χ0v) is 15.9. The molecule has 0 unspecified atom stereocenters. The first-order valence-electron chi connectivity index (χ1n) is 8.74. The summed E-state index contributed by atoms with van der Waals surface area (Å²) in [6.45, 7) is 5.75. The van der Waals surface area contributed by atoms with Gasteiger partial charge in [-0.3, -0.25) is 4.79 Å². The van der Waals surface area contributed by atoms with Crippen LogP contribution < -0.4 is 15.0 Å². The molecule has 1 aromatic carbocycles. The molecule has 0 saturated heterocycles. The van der Waals surface area contributed by atoms with Gasteiger partial charge in [0.25, 0.3) is 5.56 Å². The fourth-order valence-corrected chi connectivity index (χ4v) is 4.32. The summed E-state index contributed by atoms with van der Waals surface area (Å²) in [5, 5.41) is 6.50. The molecular weight excluding hydrogens is 354 g/mol. The van der Waals surface area contributed by atoms with E-state index in [9.17, 15) is 13.2 Å². The van der Waals surface area contributed by atoms with Crippen molar-refractivity contribution in [1.29, 1.82) is 0 Å². The summed E-state index contributed by atoms with van der Waals surface area (Å²) in [6.07, 6.45) is 2.02. The van der Waals surface area contributed by atoms with Crippen molar-refractivity contribution in [3.63, 3.8) is 0 Å². The highest BCUT2D eigenvalue weighted by Crippen LogP contribution is 2.30. The normalized spacial score (nSPS) is 16.3. The molecule has 1 aliphatic heterocycles. The molecule has 3 rings (SSSR count). The lowest BCUT2D eigenvalue weighted by atomic mass is 10.0. The lowest BCUT2D eigenvalue weighted by Gasteiger charge is -2.12. The SMILES string of the molecule is CCc1n[nH]c(=O)c(CNS(=O)(=O)c2ccc3c(c2)C[C@@H](C)O3)c1CC. The summed E-state index contributed by atoms with van der Waals surface area (Å²) in [5.41, 5.74) is 2.52. The smallest absolute Gasteiger partial charge is 0.268 e. The van der Waals surface area contributed by atoms with Crippen LogP contribution in [0.1, 0.15) is 43.2 Å². The molecule has 0 spiro atoms. The Morgan fingerprint density at radius 1 is 1.27 bits per heavy atom. The van der Waals surface area contributed by atoms with Gasteiger partial charge in [-0.1, -0.05) is 13.8 Å². The number of H-pyrrole nitrogens is 1. The Morgan fingerprint density at radius 3 is 2.73 bits per heavy atom. The Kier molecular flexibility index (Phi) is 5.15. The number of hydrogen-bond acceptors (Lipinski definition) is 5. The van der Waals surface area contributed by atoms with Crippen LogP contribution in [0.5, 0.6) is 5.75 Å². The van der Waals surface area contributed by atoms with Crippen molar-refractivity contribution in [3.05, 3.63) is 50.9 Å². The van der Waals surface area contributed by atoms with E-state index in [0.29, 0.717) is 24.8 Å². The number of nitrogens with zero attached hydrogens (tertiary/aromatic N) is 1. The zero-order chi connectivity index (χ0) is 18.9. The largest absolute Gasteiger partial charge is 0.490 e. The van der Waals surface area contributed by atoms with Crippen LogP contribution in [0.15, 0.2) is 27.9 Å². The van der Waals surface area contributed by atoms with Gasteiger partial charge in [0.15, 0.2) is 0 Å². The van der Waals surface area contributed by atoms with E-state index < -0.39 is 10.0 Å². The van der Waals surface area contributed by atoms with E-state index in [1.54, 1.807) is 12.1 Å². The maximum Gasteiger partial charge on any atom is 0.268 e. The second-order valence-corrected chi connectivity index (χ2v) is 8.16. The molecule has 0 amide bonds. The van der Waals surface area contributed by atoms with Gasteiger partial charge in [0.2, 0.25) is 10.0 Å². The number of fused-ring (bicyclic) bond motifs is 1. The van der Waals surface area contributed by atoms with Gasteiger partial charge in [0, 0.05) is 18.5 Å². The van der Waals surface area contributed by atoms with Crippen LogP contribution in [-0.4, -0.2) is 24.7 Å². The molecule has 0 fully saturated rings. The quantitative estimate of drug-likeness (QED) is 0.798. The van der Waals surface area contributed by atoms with E-state index in [1.165, 1.54) is 6.07 Å². The fourth-order valence-electron chi connectivity index (χ4n) is 3.28. The number of aromatic nitrogens is 2. The predicted molar refractivity (Wildman–Crippen MR) is 97.9 cm³/mol. The summed E-state index contributed by atoms with van der Waals surface area (Å²) < 4.78 is 33.5. The van der Waals surface area contributed by atoms with Crippen molar-refractivity contribution < 1.29 is 13.2 Å². The van der Waals surface area contributed by atoms with Gasteiger partial charge in [-0.25, -0.2) is 18.2 Å². The van der Waals surface area contributed by atoms with Gasteiger partial charge in [-0.05, 0) is 49.1 Å². The Labute approximate surface area is 152 Å². The standard InChI is InChI=1S/C18H23N3O4S/c1-4-14-15(18(22)21-20-16(14)5-2)10-19-26(23,24)13-6-7-17-12(9-13)8-11(3)25-17/h6-7,9,11,19H,4-5,8,10H2,1-3H3,(H,21,22)/t11-/m1/s1. The molecule has 2 N–H and O–H groups in total.